The van der Waals surface area contributed by atoms with Gasteiger partial charge in [0, 0.05) is 5.70 Å². The van der Waals surface area contributed by atoms with Crippen molar-refractivity contribution in [1.82, 2.24) is 0 Å². The lowest BCUT2D eigenvalue weighted by Gasteiger charge is -2.07. The van der Waals surface area contributed by atoms with Crippen LogP contribution in [0.1, 0.15) is 12.8 Å². The summed E-state index contributed by atoms with van der Waals surface area (Å²) in [5.74, 6) is -0.437. The summed E-state index contributed by atoms with van der Waals surface area (Å²) in [6.45, 7) is 0. The Hall–Kier alpha value is -1.25. The summed E-state index contributed by atoms with van der Waals surface area (Å²) in [6, 6.07) is 0. The third kappa shape index (κ3) is 1.18. The van der Waals surface area contributed by atoms with Gasteiger partial charge in [-0.2, -0.15) is 0 Å². The first-order valence-electron chi connectivity index (χ1n) is 3.18. The normalized spacial score (nSPS) is 17.6. The minimum Gasteiger partial charge on any atom is -0.398 e. The second kappa shape index (κ2) is 2.56. The van der Waals surface area contributed by atoms with Gasteiger partial charge in [-0.15, -0.1) is 0 Å². The van der Waals surface area contributed by atoms with E-state index in [1.165, 1.54) is 0 Å². The fraction of sp³-hybridized carbons (Fsp3) is 0.286. The molecule has 0 bridgehead atoms. The van der Waals surface area contributed by atoms with Crippen molar-refractivity contribution in [3.8, 4) is 0 Å². The SMILES string of the molecule is NC(=O)C1=CCCC=C1N. The van der Waals surface area contributed by atoms with Crippen LogP contribution in [0, 0.1) is 0 Å². The number of amides is 1. The van der Waals surface area contributed by atoms with Crippen LogP contribution in [-0.2, 0) is 4.79 Å². The molecule has 10 heavy (non-hydrogen) atoms. The number of rotatable bonds is 1. The van der Waals surface area contributed by atoms with Crippen molar-refractivity contribution in [2.45, 2.75) is 12.8 Å². The molecule has 1 aliphatic carbocycles. The molecule has 0 unspecified atom stereocenters. The molecule has 3 nitrogen and oxygen atoms in total. The molecular formula is C7H10N2O. The third-order valence-electron chi connectivity index (χ3n) is 1.46. The molecule has 0 fully saturated rings. The third-order valence-corrected chi connectivity index (χ3v) is 1.46. The van der Waals surface area contributed by atoms with Crippen molar-refractivity contribution in [3.05, 3.63) is 23.4 Å². The minimum atomic E-state index is -0.437. The highest BCUT2D eigenvalue weighted by atomic mass is 16.1. The van der Waals surface area contributed by atoms with Crippen LogP contribution in [0.3, 0.4) is 0 Å². The van der Waals surface area contributed by atoms with E-state index >= 15 is 0 Å². The van der Waals surface area contributed by atoms with E-state index in [1.54, 1.807) is 6.08 Å². The average Bonchev–Trinajstić information content (AvgIpc) is 1.88. The molecule has 0 aromatic carbocycles. The van der Waals surface area contributed by atoms with E-state index < -0.39 is 5.91 Å². The van der Waals surface area contributed by atoms with Gasteiger partial charge in [-0.25, -0.2) is 0 Å². The van der Waals surface area contributed by atoms with Gasteiger partial charge in [0.05, 0.1) is 5.57 Å². The number of hydrogen-bond donors (Lipinski definition) is 2. The summed E-state index contributed by atoms with van der Waals surface area (Å²) in [5.41, 5.74) is 11.5. The molecule has 0 heterocycles. The molecule has 3 heteroatoms. The van der Waals surface area contributed by atoms with Crippen LogP contribution < -0.4 is 11.5 Å². The van der Waals surface area contributed by atoms with Gasteiger partial charge in [-0.05, 0) is 12.8 Å². The summed E-state index contributed by atoms with van der Waals surface area (Å²) >= 11 is 0. The van der Waals surface area contributed by atoms with Crippen LogP contribution in [-0.4, -0.2) is 5.91 Å². The summed E-state index contributed by atoms with van der Waals surface area (Å²) in [5, 5.41) is 0. The van der Waals surface area contributed by atoms with Crippen molar-refractivity contribution in [1.29, 1.82) is 0 Å². The number of hydrogen-bond acceptors (Lipinski definition) is 2. The molecule has 0 radical (unpaired) electrons. The van der Waals surface area contributed by atoms with E-state index in [1.807, 2.05) is 6.08 Å². The smallest absolute Gasteiger partial charge is 0.250 e. The van der Waals surface area contributed by atoms with Crippen molar-refractivity contribution < 1.29 is 4.79 Å². The van der Waals surface area contributed by atoms with E-state index in [0.717, 1.165) is 12.8 Å². The van der Waals surface area contributed by atoms with E-state index in [4.69, 9.17) is 11.5 Å². The van der Waals surface area contributed by atoms with E-state index in [9.17, 15) is 4.79 Å². The Morgan fingerprint density at radius 1 is 1.40 bits per heavy atom. The fourth-order valence-electron chi connectivity index (χ4n) is 0.937. The Balaban J connectivity index is 2.84. The largest absolute Gasteiger partial charge is 0.398 e. The van der Waals surface area contributed by atoms with Crippen LogP contribution in [0.5, 0.6) is 0 Å². The summed E-state index contributed by atoms with van der Waals surface area (Å²) in [7, 11) is 0. The zero-order valence-electron chi connectivity index (χ0n) is 5.63. The maximum absolute atomic E-state index is 10.6. The molecule has 54 valence electrons. The molecule has 0 saturated heterocycles. The molecule has 0 aromatic rings. The highest BCUT2D eigenvalue weighted by Crippen LogP contribution is 2.13. The Bertz CT molecular complexity index is 216. The number of nitrogens with two attached hydrogens (primary N) is 2. The van der Waals surface area contributed by atoms with Crippen molar-refractivity contribution >= 4 is 5.91 Å². The molecule has 0 spiro atoms. The highest BCUT2D eigenvalue weighted by Gasteiger charge is 2.09. The molecule has 0 saturated carbocycles. The molecule has 1 rings (SSSR count). The lowest BCUT2D eigenvalue weighted by molar-refractivity contribution is -0.114. The predicted molar refractivity (Wildman–Crippen MR) is 38.8 cm³/mol. The van der Waals surface area contributed by atoms with Gasteiger partial charge < -0.3 is 11.5 Å². The lowest BCUT2D eigenvalue weighted by atomic mass is 10.0. The van der Waals surface area contributed by atoms with Crippen LogP contribution in [0.4, 0.5) is 0 Å². The van der Waals surface area contributed by atoms with Gasteiger partial charge in [-0.1, -0.05) is 12.2 Å². The first kappa shape index (κ1) is 6.86. The number of carbonyl (C=O) groups excluding carboxylic acids is 1. The lowest BCUT2D eigenvalue weighted by Crippen LogP contribution is -2.20. The van der Waals surface area contributed by atoms with Crippen molar-refractivity contribution in [2.24, 2.45) is 11.5 Å². The predicted octanol–water partition coefficient (Wildman–Crippen LogP) is 0.0345. The van der Waals surface area contributed by atoms with Gasteiger partial charge in [0.15, 0.2) is 0 Å². The average molecular weight is 138 g/mol. The second-order valence-corrected chi connectivity index (χ2v) is 2.22. The molecular weight excluding hydrogens is 128 g/mol. The van der Waals surface area contributed by atoms with Crippen LogP contribution in [0.15, 0.2) is 23.4 Å². The number of allylic oxidation sites excluding steroid dienone is 2. The standard InChI is InChI=1S/C7H10N2O/c8-6-4-2-1-3-5(6)7(9)10/h3-4H,1-2,8H2,(H2,9,10). The van der Waals surface area contributed by atoms with Gasteiger partial charge in [-0.3, -0.25) is 4.79 Å². The minimum absolute atomic E-state index is 0.437. The topological polar surface area (TPSA) is 69.1 Å². The number of carbonyl (C=O) groups is 1. The zero-order valence-corrected chi connectivity index (χ0v) is 5.63. The molecule has 1 aliphatic rings. The zero-order chi connectivity index (χ0) is 7.56. The Labute approximate surface area is 59.4 Å². The van der Waals surface area contributed by atoms with E-state index in [-0.39, 0.29) is 0 Å². The summed E-state index contributed by atoms with van der Waals surface area (Å²) in [6.07, 6.45) is 5.36. The van der Waals surface area contributed by atoms with Gasteiger partial charge in [0.2, 0.25) is 5.91 Å². The first-order chi connectivity index (χ1) is 4.72. The highest BCUT2D eigenvalue weighted by molar-refractivity contribution is 5.96. The maximum Gasteiger partial charge on any atom is 0.250 e. The van der Waals surface area contributed by atoms with Gasteiger partial charge >= 0.3 is 0 Å². The first-order valence-corrected chi connectivity index (χ1v) is 3.18. The van der Waals surface area contributed by atoms with Crippen molar-refractivity contribution in [3.63, 3.8) is 0 Å². The maximum atomic E-state index is 10.6. The Kier molecular flexibility index (Phi) is 1.76. The molecule has 0 atom stereocenters. The number of primary amides is 1. The van der Waals surface area contributed by atoms with Crippen LogP contribution >= 0.6 is 0 Å². The second-order valence-electron chi connectivity index (χ2n) is 2.22. The quantitative estimate of drug-likeness (QED) is 0.537. The molecule has 0 aromatic heterocycles. The molecule has 1 amide bonds. The monoisotopic (exact) mass is 138 g/mol. The Morgan fingerprint density at radius 3 is 2.40 bits per heavy atom. The molecule has 4 N–H and O–H groups in total. The van der Waals surface area contributed by atoms with Crippen LogP contribution in [0.2, 0.25) is 0 Å². The van der Waals surface area contributed by atoms with E-state index in [2.05, 4.69) is 0 Å². The Morgan fingerprint density at radius 2 is 2.00 bits per heavy atom. The van der Waals surface area contributed by atoms with Gasteiger partial charge in [0.1, 0.15) is 0 Å². The fourth-order valence-corrected chi connectivity index (χ4v) is 0.937. The van der Waals surface area contributed by atoms with Gasteiger partial charge in [0.25, 0.3) is 0 Å². The summed E-state index contributed by atoms with van der Waals surface area (Å²) < 4.78 is 0. The summed E-state index contributed by atoms with van der Waals surface area (Å²) in [4.78, 5) is 10.6. The van der Waals surface area contributed by atoms with E-state index in [0.29, 0.717) is 11.3 Å². The van der Waals surface area contributed by atoms with Crippen LogP contribution in [0.25, 0.3) is 0 Å². The van der Waals surface area contributed by atoms with Crippen molar-refractivity contribution in [2.75, 3.05) is 0 Å². The molecule has 0 aliphatic heterocycles.